The minimum absolute atomic E-state index is 0.315. The molecular weight excluding hydrogens is 300 g/mol. The van der Waals surface area contributed by atoms with Crippen LogP contribution in [0.4, 0.5) is 0 Å². The number of hydrogen-bond acceptors (Lipinski definition) is 3. The first-order chi connectivity index (χ1) is 10.5. The van der Waals surface area contributed by atoms with Crippen molar-refractivity contribution >= 4 is 17.6 Å². The number of unbranched alkanes of at least 4 members (excludes halogenated alkanes) is 1. The van der Waals surface area contributed by atoms with Crippen LogP contribution >= 0.6 is 11.6 Å². The molecule has 0 spiro atoms. The molecule has 0 unspecified atom stereocenters. The van der Waals surface area contributed by atoms with Crippen molar-refractivity contribution in [2.45, 2.75) is 59.5 Å². The van der Waals surface area contributed by atoms with E-state index < -0.39 is 6.10 Å². The van der Waals surface area contributed by atoms with Crippen LogP contribution in [0.5, 0.6) is 5.75 Å². The lowest BCUT2D eigenvalue weighted by molar-refractivity contribution is -0.152. The molecule has 0 amide bonds. The molecule has 4 heteroatoms. The van der Waals surface area contributed by atoms with E-state index in [-0.39, 0.29) is 5.97 Å². The quantitative estimate of drug-likeness (QED) is 0.587. The van der Waals surface area contributed by atoms with E-state index in [9.17, 15) is 4.79 Å². The van der Waals surface area contributed by atoms with Gasteiger partial charge in [0.2, 0.25) is 0 Å². The Morgan fingerprint density at radius 2 is 2.05 bits per heavy atom. The average Bonchev–Trinajstić information content (AvgIpc) is 2.49. The highest BCUT2D eigenvalue weighted by Crippen LogP contribution is 2.23. The molecule has 0 fully saturated rings. The Hall–Kier alpha value is -1.22. The maximum Gasteiger partial charge on any atom is 0.347 e. The van der Waals surface area contributed by atoms with Gasteiger partial charge in [-0.2, -0.15) is 0 Å². The molecule has 22 heavy (non-hydrogen) atoms. The largest absolute Gasteiger partial charge is 0.479 e. The Balaban J connectivity index is 2.47. The molecule has 3 nitrogen and oxygen atoms in total. The maximum absolute atomic E-state index is 12.0. The van der Waals surface area contributed by atoms with Crippen molar-refractivity contribution in [2.24, 2.45) is 5.92 Å². The van der Waals surface area contributed by atoms with Crippen LogP contribution in [0.3, 0.4) is 0 Å². The fourth-order valence-corrected chi connectivity index (χ4v) is 2.43. The summed E-state index contributed by atoms with van der Waals surface area (Å²) < 4.78 is 11.1. The van der Waals surface area contributed by atoms with Gasteiger partial charge in [0.05, 0.1) is 6.61 Å². The molecule has 0 aliphatic rings. The number of hydrogen-bond donors (Lipinski definition) is 0. The van der Waals surface area contributed by atoms with Crippen molar-refractivity contribution in [1.29, 1.82) is 0 Å². The number of halogens is 1. The van der Waals surface area contributed by atoms with E-state index in [1.165, 1.54) is 12.8 Å². The Morgan fingerprint density at radius 3 is 2.64 bits per heavy atom. The van der Waals surface area contributed by atoms with Crippen molar-refractivity contribution in [1.82, 2.24) is 0 Å². The third kappa shape index (κ3) is 6.27. The SMILES string of the molecule is CCCC[C@H](CC)COC(=O)[C@H](C)Oc1ccc(Cl)cc1C. The minimum atomic E-state index is -0.622. The fourth-order valence-electron chi connectivity index (χ4n) is 2.20. The summed E-state index contributed by atoms with van der Waals surface area (Å²) >= 11 is 5.91. The molecule has 1 aromatic carbocycles. The summed E-state index contributed by atoms with van der Waals surface area (Å²) in [6, 6.07) is 5.34. The van der Waals surface area contributed by atoms with E-state index in [1.807, 2.05) is 13.0 Å². The van der Waals surface area contributed by atoms with E-state index in [0.29, 0.717) is 23.3 Å². The number of ether oxygens (including phenoxy) is 2. The number of carbonyl (C=O) groups excluding carboxylic acids is 1. The molecule has 0 aliphatic heterocycles. The van der Waals surface area contributed by atoms with Crippen molar-refractivity contribution in [3.8, 4) is 5.75 Å². The zero-order chi connectivity index (χ0) is 16.5. The molecular formula is C18H27ClO3. The van der Waals surface area contributed by atoms with Gasteiger partial charge in [-0.25, -0.2) is 4.79 Å². The van der Waals surface area contributed by atoms with Crippen molar-refractivity contribution in [3.05, 3.63) is 28.8 Å². The number of esters is 1. The zero-order valence-electron chi connectivity index (χ0n) is 14.0. The molecule has 0 saturated carbocycles. The summed E-state index contributed by atoms with van der Waals surface area (Å²) in [7, 11) is 0. The molecule has 0 saturated heterocycles. The van der Waals surface area contributed by atoms with Crippen molar-refractivity contribution < 1.29 is 14.3 Å². The first-order valence-corrected chi connectivity index (χ1v) is 8.45. The lowest BCUT2D eigenvalue weighted by Crippen LogP contribution is -2.28. The van der Waals surface area contributed by atoms with Crippen LogP contribution in [0.15, 0.2) is 18.2 Å². The molecule has 2 atom stereocenters. The van der Waals surface area contributed by atoms with E-state index in [1.54, 1.807) is 19.1 Å². The molecule has 1 rings (SSSR count). The summed E-state index contributed by atoms with van der Waals surface area (Å²) in [4.78, 5) is 12.0. The summed E-state index contributed by atoms with van der Waals surface area (Å²) in [5.41, 5.74) is 0.904. The van der Waals surface area contributed by atoms with Crippen LogP contribution in [0, 0.1) is 12.8 Å². The minimum Gasteiger partial charge on any atom is -0.479 e. The highest BCUT2D eigenvalue weighted by atomic mass is 35.5. The standard InChI is InChI=1S/C18H27ClO3/c1-5-7-8-15(6-2)12-21-18(20)14(4)22-17-10-9-16(19)11-13(17)3/h9-11,14-15H,5-8,12H2,1-4H3/t14-,15-/m0/s1. The van der Waals surface area contributed by atoms with Gasteiger partial charge < -0.3 is 9.47 Å². The third-order valence-electron chi connectivity index (χ3n) is 3.78. The highest BCUT2D eigenvalue weighted by molar-refractivity contribution is 6.30. The highest BCUT2D eigenvalue weighted by Gasteiger charge is 2.19. The molecule has 0 heterocycles. The van der Waals surface area contributed by atoms with E-state index in [4.69, 9.17) is 21.1 Å². The Bertz CT molecular complexity index is 473. The van der Waals surface area contributed by atoms with Gasteiger partial charge in [-0.05, 0) is 49.9 Å². The summed E-state index contributed by atoms with van der Waals surface area (Å²) in [6.45, 7) is 8.39. The number of aryl methyl sites for hydroxylation is 1. The Morgan fingerprint density at radius 1 is 1.32 bits per heavy atom. The van der Waals surface area contributed by atoms with Gasteiger partial charge in [0.15, 0.2) is 6.10 Å². The lowest BCUT2D eigenvalue weighted by Gasteiger charge is -2.18. The zero-order valence-corrected chi connectivity index (χ0v) is 14.8. The van der Waals surface area contributed by atoms with Gasteiger partial charge in [-0.1, -0.05) is 44.7 Å². The van der Waals surface area contributed by atoms with Crippen molar-refractivity contribution in [3.63, 3.8) is 0 Å². The van der Waals surface area contributed by atoms with Crippen LogP contribution in [-0.2, 0) is 9.53 Å². The van der Waals surface area contributed by atoms with Crippen molar-refractivity contribution in [2.75, 3.05) is 6.61 Å². The van der Waals surface area contributed by atoms with Crippen LogP contribution in [-0.4, -0.2) is 18.7 Å². The molecule has 0 aromatic heterocycles. The molecule has 124 valence electrons. The van der Waals surface area contributed by atoms with Crippen LogP contribution in [0.25, 0.3) is 0 Å². The first-order valence-electron chi connectivity index (χ1n) is 8.07. The van der Waals surface area contributed by atoms with Gasteiger partial charge >= 0.3 is 5.97 Å². The van der Waals surface area contributed by atoms with E-state index in [0.717, 1.165) is 18.4 Å². The van der Waals surface area contributed by atoms with Gasteiger partial charge in [0.25, 0.3) is 0 Å². The fraction of sp³-hybridized carbons (Fsp3) is 0.611. The monoisotopic (exact) mass is 326 g/mol. The third-order valence-corrected chi connectivity index (χ3v) is 4.01. The van der Waals surface area contributed by atoms with Gasteiger partial charge in [-0.3, -0.25) is 0 Å². The molecule has 0 radical (unpaired) electrons. The number of benzene rings is 1. The van der Waals surface area contributed by atoms with Crippen LogP contribution < -0.4 is 4.74 Å². The molecule has 0 N–H and O–H groups in total. The predicted octanol–water partition coefficient (Wildman–Crippen LogP) is 5.18. The van der Waals surface area contributed by atoms with Crippen LogP contribution in [0.2, 0.25) is 5.02 Å². The van der Waals surface area contributed by atoms with Gasteiger partial charge in [0, 0.05) is 5.02 Å². The first kappa shape index (κ1) is 18.8. The summed E-state index contributed by atoms with van der Waals surface area (Å²) in [5.74, 6) is 0.782. The molecule has 0 aliphatic carbocycles. The maximum atomic E-state index is 12.0. The van der Waals surface area contributed by atoms with Gasteiger partial charge in [-0.15, -0.1) is 0 Å². The predicted molar refractivity (Wildman–Crippen MR) is 90.5 cm³/mol. The average molecular weight is 327 g/mol. The van der Waals surface area contributed by atoms with E-state index >= 15 is 0 Å². The number of carbonyl (C=O) groups is 1. The second-order valence-corrected chi connectivity index (χ2v) is 6.15. The number of rotatable bonds is 9. The second-order valence-electron chi connectivity index (χ2n) is 5.72. The van der Waals surface area contributed by atoms with Crippen LogP contribution in [0.1, 0.15) is 52.0 Å². The Kier molecular flexibility index (Phi) is 8.32. The van der Waals surface area contributed by atoms with E-state index in [2.05, 4.69) is 13.8 Å². The topological polar surface area (TPSA) is 35.5 Å². The Labute approximate surface area is 139 Å². The molecule has 0 bridgehead atoms. The lowest BCUT2D eigenvalue weighted by atomic mass is 10.0. The smallest absolute Gasteiger partial charge is 0.347 e. The second kappa shape index (κ2) is 9.73. The van der Waals surface area contributed by atoms with Gasteiger partial charge in [0.1, 0.15) is 5.75 Å². The summed E-state index contributed by atoms with van der Waals surface area (Å²) in [5, 5.41) is 0.654. The normalized spacial score (nSPS) is 13.5. The molecule has 1 aromatic rings. The summed E-state index contributed by atoms with van der Waals surface area (Å²) in [6.07, 6.45) is 3.85.